The third-order valence-electron chi connectivity index (χ3n) is 2.76. The lowest BCUT2D eigenvalue weighted by atomic mass is 10.1. The molecule has 0 aliphatic rings. The number of hydrogen-bond acceptors (Lipinski definition) is 4. The van der Waals surface area contributed by atoms with Gasteiger partial charge in [0, 0.05) is 19.0 Å². The molecule has 0 spiro atoms. The molecule has 0 saturated heterocycles. The molecule has 2 rings (SSSR count). The predicted octanol–water partition coefficient (Wildman–Crippen LogP) is 2.64. The van der Waals surface area contributed by atoms with E-state index in [9.17, 15) is 4.39 Å². The number of oxazole rings is 1. The molecule has 0 saturated carbocycles. The number of nitrogens with one attached hydrogen (secondary N) is 1. The summed E-state index contributed by atoms with van der Waals surface area (Å²) in [5, 5.41) is 3.18. The summed E-state index contributed by atoms with van der Waals surface area (Å²) in [5.41, 5.74) is 0.392. The van der Waals surface area contributed by atoms with E-state index in [-0.39, 0.29) is 5.82 Å². The van der Waals surface area contributed by atoms with E-state index in [1.807, 2.05) is 6.92 Å². The summed E-state index contributed by atoms with van der Waals surface area (Å²) in [7, 11) is 1.50. The number of nitrogens with zero attached hydrogens (tertiary/aromatic N) is 1. The minimum atomic E-state index is -0.381. The van der Waals surface area contributed by atoms with Crippen LogP contribution in [0, 0.1) is 5.82 Å². The maximum atomic E-state index is 13.9. The Labute approximate surface area is 111 Å². The molecular weight excluding hydrogens is 247 g/mol. The summed E-state index contributed by atoms with van der Waals surface area (Å²) in [6.45, 7) is 3.73. The van der Waals surface area contributed by atoms with Crippen molar-refractivity contribution in [1.82, 2.24) is 10.3 Å². The highest BCUT2D eigenvalue weighted by molar-refractivity contribution is 5.58. The monoisotopic (exact) mass is 264 g/mol. The van der Waals surface area contributed by atoms with E-state index in [0.717, 1.165) is 13.1 Å². The molecule has 0 unspecified atom stereocenters. The molecule has 0 aliphatic heterocycles. The van der Waals surface area contributed by atoms with E-state index in [1.54, 1.807) is 18.3 Å². The predicted molar refractivity (Wildman–Crippen MR) is 70.7 cm³/mol. The van der Waals surface area contributed by atoms with Gasteiger partial charge >= 0.3 is 0 Å². The number of methoxy groups -OCH3 is 1. The van der Waals surface area contributed by atoms with Crippen LogP contribution < -0.4 is 10.1 Å². The summed E-state index contributed by atoms with van der Waals surface area (Å²) in [4.78, 5) is 4.14. The molecular formula is C14H17FN2O2. The van der Waals surface area contributed by atoms with Gasteiger partial charge in [0.05, 0.1) is 18.9 Å². The van der Waals surface area contributed by atoms with Crippen molar-refractivity contribution in [3.63, 3.8) is 0 Å². The number of likely N-dealkylation sites (N-methyl/N-ethyl adjacent to an activating group) is 1. The Kier molecular flexibility index (Phi) is 4.52. The van der Waals surface area contributed by atoms with Crippen molar-refractivity contribution in [2.45, 2.75) is 13.3 Å². The quantitative estimate of drug-likeness (QED) is 0.815. The Bertz CT molecular complexity index is 540. The van der Waals surface area contributed by atoms with E-state index < -0.39 is 0 Å². The van der Waals surface area contributed by atoms with Gasteiger partial charge in [0.15, 0.2) is 11.7 Å². The van der Waals surface area contributed by atoms with Gasteiger partial charge in [0.25, 0.3) is 0 Å². The van der Waals surface area contributed by atoms with Crippen molar-refractivity contribution in [2.24, 2.45) is 0 Å². The summed E-state index contributed by atoms with van der Waals surface area (Å²) in [6, 6.07) is 4.65. The third kappa shape index (κ3) is 3.32. The lowest BCUT2D eigenvalue weighted by Gasteiger charge is -2.02. The first-order chi connectivity index (χ1) is 9.24. The molecule has 1 N–H and O–H groups in total. The van der Waals surface area contributed by atoms with Crippen LogP contribution in [0.25, 0.3) is 11.3 Å². The first-order valence-corrected chi connectivity index (χ1v) is 6.24. The second-order valence-corrected chi connectivity index (χ2v) is 4.07. The fourth-order valence-electron chi connectivity index (χ4n) is 1.75. The number of benzene rings is 1. The molecule has 4 nitrogen and oxygen atoms in total. The van der Waals surface area contributed by atoms with Gasteiger partial charge in [-0.3, -0.25) is 0 Å². The lowest BCUT2D eigenvalue weighted by Crippen LogP contribution is -2.16. The maximum Gasteiger partial charge on any atom is 0.196 e. The van der Waals surface area contributed by atoms with Crippen LogP contribution in [0.1, 0.15) is 12.8 Å². The molecule has 0 radical (unpaired) electrons. The summed E-state index contributed by atoms with van der Waals surface area (Å²) in [5.74, 6) is 1.14. The molecule has 5 heteroatoms. The van der Waals surface area contributed by atoms with E-state index in [2.05, 4.69) is 10.3 Å². The zero-order valence-corrected chi connectivity index (χ0v) is 11.1. The first-order valence-electron chi connectivity index (χ1n) is 6.24. The summed E-state index contributed by atoms with van der Waals surface area (Å²) in [6.07, 6.45) is 2.23. The smallest absolute Gasteiger partial charge is 0.196 e. The highest BCUT2D eigenvalue weighted by Crippen LogP contribution is 2.26. The average Bonchev–Trinajstić information content (AvgIpc) is 2.87. The SMILES string of the molecule is CCNCCc1ncc(-c2ccc(OC)cc2F)o1. The van der Waals surface area contributed by atoms with Crippen LogP contribution in [-0.2, 0) is 6.42 Å². The van der Waals surface area contributed by atoms with E-state index >= 15 is 0 Å². The summed E-state index contributed by atoms with van der Waals surface area (Å²) >= 11 is 0. The zero-order valence-electron chi connectivity index (χ0n) is 11.1. The fourth-order valence-corrected chi connectivity index (χ4v) is 1.75. The highest BCUT2D eigenvalue weighted by atomic mass is 19.1. The number of aromatic nitrogens is 1. The lowest BCUT2D eigenvalue weighted by molar-refractivity contribution is 0.411. The van der Waals surface area contributed by atoms with Gasteiger partial charge in [0.2, 0.25) is 0 Å². The van der Waals surface area contributed by atoms with Gasteiger partial charge < -0.3 is 14.5 Å². The van der Waals surface area contributed by atoms with Gasteiger partial charge in [0.1, 0.15) is 11.6 Å². The second kappa shape index (κ2) is 6.33. The molecule has 102 valence electrons. The van der Waals surface area contributed by atoms with Crippen molar-refractivity contribution in [3.8, 4) is 17.1 Å². The van der Waals surface area contributed by atoms with Gasteiger partial charge in [-0.2, -0.15) is 0 Å². The van der Waals surface area contributed by atoms with Crippen LogP contribution in [0.4, 0.5) is 4.39 Å². The highest BCUT2D eigenvalue weighted by Gasteiger charge is 2.11. The molecule has 2 aromatic rings. The van der Waals surface area contributed by atoms with Gasteiger partial charge in [-0.05, 0) is 18.7 Å². The Morgan fingerprint density at radius 3 is 2.95 bits per heavy atom. The third-order valence-corrected chi connectivity index (χ3v) is 2.76. The molecule has 19 heavy (non-hydrogen) atoms. The molecule has 0 atom stereocenters. The molecule has 1 heterocycles. The Morgan fingerprint density at radius 1 is 1.42 bits per heavy atom. The van der Waals surface area contributed by atoms with Crippen molar-refractivity contribution in [3.05, 3.63) is 36.1 Å². The molecule has 1 aromatic heterocycles. The first kappa shape index (κ1) is 13.5. The number of hydrogen-bond donors (Lipinski definition) is 1. The molecule has 0 amide bonds. The van der Waals surface area contributed by atoms with Crippen LogP contribution >= 0.6 is 0 Å². The van der Waals surface area contributed by atoms with E-state index in [4.69, 9.17) is 9.15 Å². The van der Waals surface area contributed by atoms with Crippen LogP contribution in [0.2, 0.25) is 0 Å². The van der Waals surface area contributed by atoms with Gasteiger partial charge in [-0.1, -0.05) is 6.92 Å². The number of rotatable bonds is 6. The van der Waals surface area contributed by atoms with E-state index in [0.29, 0.717) is 29.4 Å². The Hall–Kier alpha value is -1.88. The van der Waals surface area contributed by atoms with Crippen LogP contribution in [0.15, 0.2) is 28.8 Å². The second-order valence-electron chi connectivity index (χ2n) is 4.07. The van der Waals surface area contributed by atoms with Crippen molar-refractivity contribution >= 4 is 0 Å². The molecule has 1 aromatic carbocycles. The standard InChI is InChI=1S/C14H17FN2O2/c1-3-16-7-6-14-17-9-13(19-14)11-5-4-10(18-2)8-12(11)15/h4-5,8-9,16H,3,6-7H2,1-2H3. The fraction of sp³-hybridized carbons (Fsp3) is 0.357. The minimum absolute atomic E-state index is 0.381. The largest absolute Gasteiger partial charge is 0.497 e. The van der Waals surface area contributed by atoms with Crippen molar-refractivity contribution in [2.75, 3.05) is 20.2 Å². The molecule has 0 aliphatic carbocycles. The van der Waals surface area contributed by atoms with Gasteiger partial charge in [-0.15, -0.1) is 0 Å². The van der Waals surface area contributed by atoms with Crippen molar-refractivity contribution in [1.29, 1.82) is 0 Å². The summed E-state index contributed by atoms with van der Waals surface area (Å²) < 4.78 is 24.4. The normalized spacial score (nSPS) is 10.7. The minimum Gasteiger partial charge on any atom is -0.497 e. The average molecular weight is 264 g/mol. The van der Waals surface area contributed by atoms with Crippen LogP contribution in [-0.4, -0.2) is 25.2 Å². The maximum absolute atomic E-state index is 13.9. The Morgan fingerprint density at radius 2 is 2.26 bits per heavy atom. The van der Waals surface area contributed by atoms with Crippen LogP contribution in [0.3, 0.4) is 0 Å². The molecule has 0 fully saturated rings. The zero-order chi connectivity index (χ0) is 13.7. The van der Waals surface area contributed by atoms with Crippen molar-refractivity contribution < 1.29 is 13.5 Å². The molecule has 0 bridgehead atoms. The number of ether oxygens (including phenoxy) is 1. The Balaban J connectivity index is 2.13. The van der Waals surface area contributed by atoms with E-state index in [1.165, 1.54) is 13.2 Å². The number of halogens is 1. The van der Waals surface area contributed by atoms with Crippen LogP contribution in [0.5, 0.6) is 5.75 Å². The topological polar surface area (TPSA) is 47.3 Å². The van der Waals surface area contributed by atoms with Gasteiger partial charge in [-0.25, -0.2) is 9.37 Å².